The van der Waals surface area contributed by atoms with Gasteiger partial charge in [0.25, 0.3) is 0 Å². The smallest absolute Gasteiger partial charge is 0.240 e. The number of nitrogens with zero attached hydrogens (tertiary/aromatic N) is 2. The van der Waals surface area contributed by atoms with E-state index >= 15 is 0 Å². The van der Waals surface area contributed by atoms with Crippen LogP contribution in [0.5, 0.6) is 5.75 Å². The maximum absolute atomic E-state index is 12.4. The molecule has 0 radical (unpaired) electrons. The van der Waals surface area contributed by atoms with Gasteiger partial charge in [0.2, 0.25) is 11.8 Å². The Morgan fingerprint density at radius 2 is 1.90 bits per heavy atom. The van der Waals surface area contributed by atoms with Crippen molar-refractivity contribution in [1.29, 1.82) is 0 Å². The second kappa shape index (κ2) is 9.38. The number of aryl methyl sites for hydroxylation is 2. The molecule has 1 atom stereocenters. The fraction of sp³-hybridized carbons (Fsp3) is 0.238. The molecule has 1 saturated heterocycles. The van der Waals surface area contributed by atoms with Gasteiger partial charge in [-0.05, 0) is 54.8 Å². The number of anilines is 1. The van der Waals surface area contributed by atoms with E-state index in [1.54, 1.807) is 13.3 Å². The van der Waals surface area contributed by atoms with Crippen molar-refractivity contribution in [2.45, 2.75) is 25.5 Å². The number of amidine groups is 1. The van der Waals surface area contributed by atoms with Crippen LogP contribution in [0.25, 0.3) is 0 Å². The van der Waals surface area contributed by atoms with Crippen molar-refractivity contribution < 1.29 is 14.3 Å². The number of hydrogen-bond acceptors (Lipinski definition) is 6. The number of methoxy groups -OCH3 is 1. The standard InChI is InChI=1S/C21H22N4O3S/c1-13-5-4-6-14(2)19(13)23-18(26)11-17-20(27)24-21(29-17)25-22-12-15-7-9-16(28-3)10-8-15/h4-10,12,17H,11H2,1-3H3,(H,23,26)(H,24,25,27)/b22-12+. The van der Waals surface area contributed by atoms with E-state index in [0.29, 0.717) is 5.17 Å². The second-order valence-electron chi connectivity index (χ2n) is 6.54. The van der Waals surface area contributed by atoms with Crippen LogP contribution in [0.4, 0.5) is 5.69 Å². The van der Waals surface area contributed by atoms with Crippen molar-refractivity contribution in [2.75, 3.05) is 12.4 Å². The van der Waals surface area contributed by atoms with Crippen molar-refractivity contribution in [3.63, 3.8) is 0 Å². The lowest BCUT2D eigenvalue weighted by molar-refractivity contribution is -0.122. The summed E-state index contributed by atoms with van der Waals surface area (Å²) in [5.74, 6) is 0.303. The Morgan fingerprint density at radius 3 is 2.55 bits per heavy atom. The van der Waals surface area contributed by atoms with Crippen molar-refractivity contribution in [1.82, 2.24) is 5.32 Å². The minimum absolute atomic E-state index is 0.0610. The lowest BCUT2D eigenvalue weighted by Gasteiger charge is -2.12. The van der Waals surface area contributed by atoms with Gasteiger partial charge in [0.1, 0.15) is 11.0 Å². The molecule has 2 amide bonds. The van der Waals surface area contributed by atoms with Gasteiger partial charge < -0.3 is 15.4 Å². The summed E-state index contributed by atoms with van der Waals surface area (Å²) in [5.41, 5.74) is 3.61. The van der Waals surface area contributed by atoms with E-state index in [9.17, 15) is 9.59 Å². The number of nitrogens with one attached hydrogen (secondary N) is 2. The first kappa shape index (κ1) is 20.6. The Bertz CT molecular complexity index is 950. The number of carbonyl (C=O) groups excluding carboxylic acids is 2. The second-order valence-corrected chi connectivity index (χ2v) is 7.73. The molecule has 0 aromatic heterocycles. The van der Waals surface area contributed by atoms with Crippen LogP contribution < -0.4 is 15.4 Å². The third-order valence-electron chi connectivity index (χ3n) is 4.36. The molecular weight excluding hydrogens is 388 g/mol. The van der Waals surface area contributed by atoms with Gasteiger partial charge in [0.15, 0.2) is 5.17 Å². The molecule has 3 rings (SSSR count). The Labute approximate surface area is 173 Å². The van der Waals surface area contributed by atoms with E-state index < -0.39 is 5.25 Å². The third kappa shape index (κ3) is 5.45. The maximum atomic E-state index is 12.4. The van der Waals surface area contributed by atoms with Gasteiger partial charge >= 0.3 is 0 Å². The number of benzene rings is 2. The Hall–Kier alpha value is -3.13. The van der Waals surface area contributed by atoms with Crippen molar-refractivity contribution in [2.24, 2.45) is 10.2 Å². The summed E-state index contributed by atoms with van der Waals surface area (Å²) < 4.78 is 5.11. The van der Waals surface area contributed by atoms with Gasteiger partial charge in [-0.15, -0.1) is 5.10 Å². The average Bonchev–Trinajstić information content (AvgIpc) is 3.04. The highest BCUT2D eigenvalue weighted by Gasteiger charge is 2.32. The molecule has 150 valence electrons. The highest BCUT2D eigenvalue weighted by Crippen LogP contribution is 2.24. The first-order valence-corrected chi connectivity index (χ1v) is 9.93. The zero-order chi connectivity index (χ0) is 20.8. The molecule has 0 bridgehead atoms. The molecule has 1 heterocycles. The zero-order valence-electron chi connectivity index (χ0n) is 16.4. The monoisotopic (exact) mass is 410 g/mol. The average molecular weight is 410 g/mol. The van der Waals surface area contributed by atoms with Gasteiger partial charge in [0.05, 0.1) is 13.3 Å². The number of para-hydroxylation sites is 1. The van der Waals surface area contributed by atoms with Crippen LogP contribution in [0.1, 0.15) is 23.1 Å². The van der Waals surface area contributed by atoms with Gasteiger partial charge in [-0.1, -0.05) is 30.0 Å². The number of carbonyl (C=O) groups is 2. The zero-order valence-corrected chi connectivity index (χ0v) is 17.2. The summed E-state index contributed by atoms with van der Waals surface area (Å²) >= 11 is 1.20. The summed E-state index contributed by atoms with van der Waals surface area (Å²) in [7, 11) is 1.61. The lowest BCUT2D eigenvalue weighted by Crippen LogP contribution is -2.28. The first-order chi connectivity index (χ1) is 14.0. The molecule has 1 aliphatic rings. The number of ether oxygens (including phenoxy) is 1. The molecule has 1 aliphatic heterocycles. The fourth-order valence-electron chi connectivity index (χ4n) is 2.79. The normalized spacial score (nSPS) is 17.6. The molecule has 29 heavy (non-hydrogen) atoms. The van der Waals surface area contributed by atoms with E-state index in [2.05, 4.69) is 20.8 Å². The first-order valence-electron chi connectivity index (χ1n) is 9.05. The largest absolute Gasteiger partial charge is 0.497 e. The van der Waals surface area contributed by atoms with E-state index in [4.69, 9.17) is 4.74 Å². The van der Waals surface area contributed by atoms with Gasteiger partial charge in [0, 0.05) is 12.1 Å². The maximum Gasteiger partial charge on any atom is 0.240 e. The van der Waals surface area contributed by atoms with Crippen LogP contribution in [0.2, 0.25) is 0 Å². The van der Waals surface area contributed by atoms with Crippen LogP contribution in [0.3, 0.4) is 0 Å². The molecule has 7 nitrogen and oxygen atoms in total. The third-order valence-corrected chi connectivity index (χ3v) is 5.44. The van der Waals surface area contributed by atoms with Gasteiger partial charge in [-0.3, -0.25) is 9.59 Å². The number of rotatable bonds is 6. The number of hydrogen-bond donors (Lipinski definition) is 2. The fourth-order valence-corrected chi connectivity index (χ4v) is 3.72. The highest BCUT2D eigenvalue weighted by molar-refractivity contribution is 8.15. The van der Waals surface area contributed by atoms with Crippen molar-refractivity contribution in [3.8, 4) is 5.75 Å². The van der Waals surface area contributed by atoms with Crippen molar-refractivity contribution >= 4 is 40.6 Å². The van der Waals surface area contributed by atoms with E-state index in [-0.39, 0.29) is 18.2 Å². The molecule has 0 saturated carbocycles. The van der Waals surface area contributed by atoms with Crippen LogP contribution in [-0.4, -0.2) is 35.6 Å². The highest BCUT2D eigenvalue weighted by atomic mass is 32.2. The van der Waals surface area contributed by atoms with Gasteiger partial charge in [-0.25, -0.2) is 0 Å². The molecule has 1 fully saturated rings. The van der Waals surface area contributed by atoms with E-state index in [0.717, 1.165) is 28.1 Å². The predicted molar refractivity (Wildman–Crippen MR) is 117 cm³/mol. The van der Waals surface area contributed by atoms with Crippen molar-refractivity contribution in [3.05, 3.63) is 59.2 Å². The topological polar surface area (TPSA) is 92.2 Å². The summed E-state index contributed by atoms with van der Waals surface area (Å²) in [6.45, 7) is 3.87. The molecule has 8 heteroatoms. The minimum Gasteiger partial charge on any atom is -0.497 e. The SMILES string of the molecule is COc1ccc(/C=N/N=C2\NC(=O)C(CC(=O)Nc3c(C)cccc3C)S2)cc1. The lowest BCUT2D eigenvalue weighted by atomic mass is 10.1. The summed E-state index contributed by atoms with van der Waals surface area (Å²) in [5, 5.41) is 13.4. The van der Waals surface area contributed by atoms with Crippen LogP contribution in [-0.2, 0) is 9.59 Å². The molecule has 1 unspecified atom stereocenters. The molecule has 2 aromatic rings. The molecular formula is C21H22N4O3S. The van der Waals surface area contributed by atoms with E-state index in [1.807, 2.05) is 56.3 Å². The van der Waals surface area contributed by atoms with Crippen LogP contribution in [0, 0.1) is 13.8 Å². The molecule has 0 aliphatic carbocycles. The summed E-state index contributed by atoms with van der Waals surface area (Å²) in [6, 6.07) is 13.2. The minimum atomic E-state index is -0.533. The van der Waals surface area contributed by atoms with Crippen LogP contribution in [0.15, 0.2) is 52.7 Å². The summed E-state index contributed by atoms with van der Waals surface area (Å²) in [6.07, 6.45) is 1.64. The Morgan fingerprint density at radius 1 is 1.21 bits per heavy atom. The van der Waals surface area contributed by atoms with E-state index in [1.165, 1.54) is 11.8 Å². The quantitative estimate of drug-likeness (QED) is 0.565. The molecule has 2 N–H and O–H groups in total. The molecule has 0 spiro atoms. The number of amides is 2. The Kier molecular flexibility index (Phi) is 6.66. The Balaban J connectivity index is 1.57. The van der Waals surface area contributed by atoms with Gasteiger partial charge in [-0.2, -0.15) is 5.10 Å². The predicted octanol–water partition coefficient (Wildman–Crippen LogP) is 3.26. The number of thioether (sulfide) groups is 1. The molecule has 2 aromatic carbocycles. The van der Waals surface area contributed by atoms with Crippen LogP contribution >= 0.6 is 11.8 Å². The summed E-state index contributed by atoms with van der Waals surface area (Å²) in [4.78, 5) is 24.5.